The quantitative estimate of drug-likeness (QED) is 0.274. The zero-order valence-electron chi connectivity index (χ0n) is 8.89. The number of Topliss-reactive ketones (excluding diaryl/α,β-unsaturated/α-hetero) is 1. The van der Waals surface area contributed by atoms with E-state index in [0.29, 0.717) is 0 Å². The van der Waals surface area contributed by atoms with Crippen LogP contribution in [0.4, 0.5) is 0 Å². The first kappa shape index (κ1) is 13.5. The van der Waals surface area contributed by atoms with Crippen molar-refractivity contribution in [1.82, 2.24) is 0 Å². The van der Waals surface area contributed by atoms with Gasteiger partial charge in [0, 0.05) is 24.7 Å². The SMILES string of the molecule is CCOC(=O)CC(=O)CCC(C)[N+](=O)[O-]. The number of ketones is 1. The normalized spacial score (nSPS) is 11.9. The molecule has 0 heterocycles. The Bertz CT molecular complexity index is 251. The third-order valence-electron chi connectivity index (χ3n) is 1.85. The van der Waals surface area contributed by atoms with Crippen LogP contribution in [0.1, 0.15) is 33.1 Å². The molecule has 0 aromatic rings. The number of hydrogen-bond acceptors (Lipinski definition) is 5. The molecule has 0 aliphatic heterocycles. The third kappa shape index (κ3) is 6.59. The second kappa shape index (κ2) is 6.92. The van der Waals surface area contributed by atoms with Gasteiger partial charge in [-0.15, -0.1) is 0 Å². The molecule has 0 bridgehead atoms. The highest BCUT2D eigenvalue weighted by Crippen LogP contribution is 2.03. The second-order valence-corrected chi connectivity index (χ2v) is 3.19. The molecular weight excluding hydrogens is 202 g/mol. The van der Waals surface area contributed by atoms with E-state index in [9.17, 15) is 19.7 Å². The van der Waals surface area contributed by atoms with Crippen molar-refractivity contribution in [2.45, 2.75) is 39.2 Å². The second-order valence-electron chi connectivity index (χ2n) is 3.19. The van der Waals surface area contributed by atoms with Crippen LogP contribution in [-0.4, -0.2) is 29.3 Å². The fraction of sp³-hybridized carbons (Fsp3) is 0.778. The van der Waals surface area contributed by atoms with Gasteiger partial charge in [0.25, 0.3) is 0 Å². The van der Waals surface area contributed by atoms with Gasteiger partial charge < -0.3 is 4.74 Å². The lowest BCUT2D eigenvalue weighted by atomic mass is 10.1. The Morgan fingerprint density at radius 2 is 2.07 bits per heavy atom. The molecule has 86 valence electrons. The first-order valence-electron chi connectivity index (χ1n) is 4.78. The highest BCUT2D eigenvalue weighted by molar-refractivity contribution is 5.95. The molecule has 0 fully saturated rings. The lowest BCUT2D eigenvalue weighted by Gasteiger charge is -2.03. The maximum atomic E-state index is 11.1. The van der Waals surface area contributed by atoms with E-state index in [1.807, 2.05) is 0 Å². The molecule has 0 radical (unpaired) electrons. The summed E-state index contributed by atoms with van der Waals surface area (Å²) >= 11 is 0. The number of carbonyl (C=O) groups is 2. The number of nitrogens with zero attached hydrogens (tertiary/aromatic N) is 1. The molecule has 0 aromatic heterocycles. The lowest BCUT2D eigenvalue weighted by molar-refractivity contribution is -0.518. The van der Waals surface area contributed by atoms with E-state index < -0.39 is 16.9 Å². The lowest BCUT2D eigenvalue weighted by Crippen LogP contribution is -2.18. The van der Waals surface area contributed by atoms with E-state index in [2.05, 4.69) is 4.74 Å². The van der Waals surface area contributed by atoms with E-state index in [1.54, 1.807) is 6.92 Å². The molecule has 0 N–H and O–H groups in total. The van der Waals surface area contributed by atoms with E-state index in [1.165, 1.54) is 6.92 Å². The van der Waals surface area contributed by atoms with Gasteiger partial charge in [-0.1, -0.05) is 0 Å². The molecule has 0 saturated carbocycles. The molecule has 15 heavy (non-hydrogen) atoms. The molecule has 0 aliphatic carbocycles. The Balaban J connectivity index is 3.75. The molecule has 6 heteroatoms. The fourth-order valence-corrected chi connectivity index (χ4v) is 0.937. The summed E-state index contributed by atoms with van der Waals surface area (Å²) in [4.78, 5) is 31.8. The zero-order valence-corrected chi connectivity index (χ0v) is 8.89. The van der Waals surface area contributed by atoms with E-state index >= 15 is 0 Å². The molecule has 0 aromatic carbocycles. The smallest absolute Gasteiger partial charge is 0.313 e. The molecular formula is C9H15NO5. The minimum absolute atomic E-state index is 0.0426. The summed E-state index contributed by atoms with van der Waals surface area (Å²) in [5.74, 6) is -0.890. The van der Waals surface area contributed by atoms with Gasteiger partial charge in [0.1, 0.15) is 12.2 Å². The highest BCUT2D eigenvalue weighted by atomic mass is 16.6. The number of hydrogen-bond donors (Lipinski definition) is 0. The number of rotatable bonds is 7. The van der Waals surface area contributed by atoms with Crippen LogP contribution in [0.3, 0.4) is 0 Å². The molecule has 1 unspecified atom stereocenters. The van der Waals surface area contributed by atoms with Crippen molar-refractivity contribution in [3.63, 3.8) is 0 Å². The van der Waals surface area contributed by atoms with Gasteiger partial charge in [0.05, 0.1) is 6.61 Å². The van der Waals surface area contributed by atoms with Gasteiger partial charge in [0.15, 0.2) is 0 Å². The standard InChI is InChI=1S/C9H15NO5/c1-3-15-9(12)6-8(11)5-4-7(2)10(13)14/h7H,3-6H2,1-2H3. The van der Waals surface area contributed by atoms with Crippen LogP contribution in [0.25, 0.3) is 0 Å². The average Bonchev–Trinajstić information content (AvgIpc) is 2.14. The summed E-state index contributed by atoms with van der Waals surface area (Å²) in [6.07, 6.45) is -0.0928. The number of esters is 1. The molecule has 0 rings (SSSR count). The Hall–Kier alpha value is -1.46. The predicted molar refractivity (Wildman–Crippen MR) is 51.9 cm³/mol. The van der Waals surface area contributed by atoms with Crippen LogP contribution in [0.15, 0.2) is 0 Å². The summed E-state index contributed by atoms with van der Waals surface area (Å²) in [5.41, 5.74) is 0. The Labute approximate surface area is 87.7 Å². The van der Waals surface area contributed by atoms with Gasteiger partial charge in [-0.2, -0.15) is 0 Å². The molecule has 0 aliphatic rings. The maximum absolute atomic E-state index is 11.1. The predicted octanol–water partition coefficient (Wildman–Crippen LogP) is 0.954. The van der Waals surface area contributed by atoms with Crippen molar-refractivity contribution in [2.75, 3.05) is 6.61 Å². The summed E-state index contributed by atoms with van der Waals surface area (Å²) in [7, 11) is 0. The Morgan fingerprint density at radius 3 is 2.53 bits per heavy atom. The number of nitro groups is 1. The monoisotopic (exact) mass is 217 g/mol. The van der Waals surface area contributed by atoms with E-state index in [4.69, 9.17) is 0 Å². The van der Waals surface area contributed by atoms with Crippen molar-refractivity contribution in [3.8, 4) is 0 Å². The summed E-state index contributed by atoms with van der Waals surface area (Å²) in [6, 6.07) is -0.754. The van der Waals surface area contributed by atoms with E-state index in [0.717, 1.165) is 0 Å². The summed E-state index contributed by atoms with van der Waals surface area (Å²) in [6.45, 7) is 3.31. The van der Waals surface area contributed by atoms with Crippen molar-refractivity contribution in [2.24, 2.45) is 0 Å². The molecule has 0 spiro atoms. The van der Waals surface area contributed by atoms with Crippen LogP contribution in [0, 0.1) is 10.1 Å². The fourth-order valence-electron chi connectivity index (χ4n) is 0.937. The van der Waals surface area contributed by atoms with Gasteiger partial charge >= 0.3 is 5.97 Å². The molecule has 0 amide bonds. The maximum Gasteiger partial charge on any atom is 0.313 e. The Morgan fingerprint density at radius 1 is 1.47 bits per heavy atom. The van der Waals surface area contributed by atoms with Crippen molar-refractivity contribution >= 4 is 11.8 Å². The van der Waals surface area contributed by atoms with Crippen LogP contribution >= 0.6 is 0 Å². The molecule has 0 saturated heterocycles. The minimum Gasteiger partial charge on any atom is -0.466 e. The molecule has 1 atom stereocenters. The van der Waals surface area contributed by atoms with Crippen molar-refractivity contribution in [1.29, 1.82) is 0 Å². The van der Waals surface area contributed by atoms with Crippen LogP contribution in [-0.2, 0) is 14.3 Å². The number of ether oxygens (including phenoxy) is 1. The van der Waals surface area contributed by atoms with E-state index in [-0.39, 0.29) is 31.7 Å². The topological polar surface area (TPSA) is 86.5 Å². The summed E-state index contributed by atoms with van der Waals surface area (Å²) < 4.78 is 4.57. The van der Waals surface area contributed by atoms with Gasteiger partial charge in [-0.3, -0.25) is 19.7 Å². The highest BCUT2D eigenvalue weighted by Gasteiger charge is 2.16. The van der Waals surface area contributed by atoms with Crippen molar-refractivity contribution in [3.05, 3.63) is 10.1 Å². The zero-order chi connectivity index (χ0) is 11.8. The molecule has 6 nitrogen and oxygen atoms in total. The number of carbonyl (C=O) groups excluding carboxylic acids is 2. The first-order valence-corrected chi connectivity index (χ1v) is 4.78. The van der Waals surface area contributed by atoms with Gasteiger partial charge in [-0.05, 0) is 6.92 Å². The first-order chi connectivity index (χ1) is 6.97. The van der Waals surface area contributed by atoms with Crippen molar-refractivity contribution < 1.29 is 19.2 Å². The Kier molecular flexibility index (Phi) is 6.24. The van der Waals surface area contributed by atoms with Crippen LogP contribution in [0.2, 0.25) is 0 Å². The largest absolute Gasteiger partial charge is 0.466 e. The van der Waals surface area contributed by atoms with Gasteiger partial charge in [0.2, 0.25) is 6.04 Å². The van der Waals surface area contributed by atoms with Crippen LogP contribution in [0.5, 0.6) is 0 Å². The minimum atomic E-state index is -0.754. The average molecular weight is 217 g/mol. The summed E-state index contributed by atoms with van der Waals surface area (Å²) in [5, 5.41) is 10.2. The van der Waals surface area contributed by atoms with Gasteiger partial charge in [-0.25, -0.2) is 0 Å². The van der Waals surface area contributed by atoms with Crippen LogP contribution < -0.4 is 0 Å². The third-order valence-corrected chi connectivity index (χ3v) is 1.85.